The van der Waals surface area contributed by atoms with E-state index in [9.17, 15) is 5.11 Å². The maximum Gasteiger partial charge on any atom is 0.0685 e. The second-order valence-corrected chi connectivity index (χ2v) is 6.36. The molecule has 3 nitrogen and oxygen atoms in total. The molecule has 3 heteroatoms. The van der Waals surface area contributed by atoms with Crippen molar-refractivity contribution in [2.75, 3.05) is 13.2 Å². The summed E-state index contributed by atoms with van der Waals surface area (Å²) in [4.78, 5) is 0. The van der Waals surface area contributed by atoms with Crippen LogP contribution in [0, 0.1) is 11.3 Å². The van der Waals surface area contributed by atoms with Crippen molar-refractivity contribution in [2.45, 2.75) is 38.5 Å². The molecule has 2 aliphatic rings. The molecule has 0 radical (unpaired) electrons. The summed E-state index contributed by atoms with van der Waals surface area (Å²) in [6, 6.07) is 10.6. The van der Waals surface area contributed by atoms with Gasteiger partial charge in [-0.25, -0.2) is 0 Å². The summed E-state index contributed by atoms with van der Waals surface area (Å²) in [5.74, 6) is 0.604. The highest BCUT2D eigenvalue weighted by Gasteiger charge is 2.59. The Labute approximate surface area is 115 Å². The van der Waals surface area contributed by atoms with Gasteiger partial charge in [0.1, 0.15) is 0 Å². The average molecular weight is 261 g/mol. The molecule has 1 heterocycles. The van der Waals surface area contributed by atoms with E-state index in [0.717, 1.165) is 18.6 Å². The molecule has 0 aromatic heterocycles. The molecule has 3 rings (SSSR count). The Bertz CT molecular complexity index is 432. The fraction of sp³-hybridized carbons (Fsp3) is 0.625. The number of hydrogen-bond acceptors (Lipinski definition) is 3. The molecule has 0 amide bonds. The summed E-state index contributed by atoms with van der Waals surface area (Å²) in [6.45, 7) is 5.54. The third-order valence-electron chi connectivity index (χ3n) is 4.87. The highest BCUT2D eigenvalue weighted by molar-refractivity contribution is 5.21. The minimum absolute atomic E-state index is 0.0204. The first-order chi connectivity index (χ1) is 9.14. The van der Waals surface area contributed by atoms with Gasteiger partial charge in [0.15, 0.2) is 0 Å². The Hall–Kier alpha value is -0.900. The number of hydrogen-bond donors (Lipinski definition) is 2. The van der Waals surface area contributed by atoms with E-state index in [2.05, 4.69) is 31.3 Å². The summed E-state index contributed by atoms with van der Waals surface area (Å²) < 4.78 is 5.82. The van der Waals surface area contributed by atoms with Gasteiger partial charge in [0, 0.05) is 24.0 Å². The number of fused-ring (bicyclic) bond motifs is 1. The minimum Gasteiger partial charge on any atom is -0.394 e. The van der Waals surface area contributed by atoms with Gasteiger partial charge in [0.2, 0.25) is 0 Å². The van der Waals surface area contributed by atoms with E-state index in [4.69, 9.17) is 4.74 Å². The highest BCUT2D eigenvalue weighted by Crippen LogP contribution is 2.52. The highest BCUT2D eigenvalue weighted by atomic mass is 16.5. The number of nitrogens with one attached hydrogen (secondary N) is 1. The SMILES string of the molecule is CC1(C)C(N[C@H](CO)c2ccccc2)C2CCOC21. The van der Waals surface area contributed by atoms with Crippen LogP contribution in [0.2, 0.25) is 0 Å². The minimum atomic E-state index is 0.0204. The molecule has 1 saturated carbocycles. The van der Waals surface area contributed by atoms with Gasteiger partial charge in [-0.3, -0.25) is 0 Å². The molecule has 0 bridgehead atoms. The lowest BCUT2D eigenvalue weighted by Gasteiger charge is -2.55. The van der Waals surface area contributed by atoms with E-state index >= 15 is 0 Å². The molecule has 2 fully saturated rings. The van der Waals surface area contributed by atoms with Crippen molar-refractivity contribution >= 4 is 0 Å². The Morgan fingerprint density at radius 1 is 1.37 bits per heavy atom. The molecule has 1 aliphatic heterocycles. The third kappa shape index (κ3) is 2.10. The molecule has 104 valence electrons. The van der Waals surface area contributed by atoms with E-state index < -0.39 is 0 Å². The number of benzene rings is 1. The molecular formula is C16H23NO2. The molecule has 19 heavy (non-hydrogen) atoms. The maximum atomic E-state index is 9.66. The van der Waals surface area contributed by atoms with Crippen LogP contribution in [0.25, 0.3) is 0 Å². The summed E-state index contributed by atoms with van der Waals surface area (Å²) >= 11 is 0. The third-order valence-corrected chi connectivity index (χ3v) is 4.87. The molecular weight excluding hydrogens is 238 g/mol. The fourth-order valence-electron chi connectivity index (χ4n) is 3.82. The number of aliphatic hydroxyl groups excluding tert-OH is 1. The van der Waals surface area contributed by atoms with Crippen LogP contribution in [0.15, 0.2) is 30.3 Å². The van der Waals surface area contributed by atoms with Crippen molar-refractivity contribution in [3.05, 3.63) is 35.9 Å². The van der Waals surface area contributed by atoms with Crippen molar-refractivity contribution in [2.24, 2.45) is 11.3 Å². The normalized spacial score (nSPS) is 33.5. The van der Waals surface area contributed by atoms with Crippen molar-refractivity contribution in [1.29, 1.82) is 0 Å². The molecule has 3 unspecified atom stereocenters. The average Bonchev–Trinajstić information content (AvgIpc) is 2.87. The maximum absolute atomic E-state index is 9.66. The van der Waals surface area contributed by atoms with Crippen molar-refractivity contribution in [3.8, 4) is 0 Å². The van der Waals surface area contributed by atoms with Gasteiger partial charge in [-0.2, -0.15) is 0 Å². The lowest BCUT2D eigenvalue weighted by molar-refractivity contribution is -0.116. The van der Waals surface area contributed by atoms with Gasteiger partial charge in [-0.05, 0) is 12.0 Å². The molecule has 1 aliphatic carbocycles. The Morgan fingerprint density at radius 3 is 2.79 bits per heavy atom. The summed E-state index contributed by atoms with van der Waals surface area (Å²) in [5, 5.41) is 13.3. The molecule has 1 aromatic rings. The van der Waals surface area contributed by atoms with E-state index in [0.29, 0.717) is 18.1 Å². The van der Waals surface area contributed by atoms with E-state index in [1.54, 1.807) is 0 Å². The molecule has 0 spiro atoms. The van der Waals surface area contributed by atoms with Gasteiger partial charge in [0.05, 0.1) is 18.8 Å². The van der Waals surface area contributed by atoms with Crippen LogP contribution < -0.4 is 5.32 Å². The van der Waals surface area contributed by atoms with Crippen molar-refractivity contribution in [3.63, 3.8) is 0 Å². The second-order valence-electron chi connectivity index (χ2n) is 6.36. The Morgan fingerprint density at radius 2 is 2.11 bits per heavy atom. The smallest absolute Gasteiger partial charge is 0.0685 e. The topological polar surface area (TPSA) is 41.5 Å². The van der Waals surface area contributed by atoms with Gasteiger partial charge in [0.25, 0.3) is 0 Å². The largest absolute Gasteiger partial charge is 0.394 e. The zero-order valence-corrected chi connectivity index (χ0v) is 11.7. The monoisotopic (exact) mass is 261 g/mol. The van der Waals surface area contributed by atoms with E-state index in [-0.39, 0.29) is 18.1 Å². The van der Waals surface area contributed by atoms with Crippen LogP contribution in [0.1, 0.15) is 31.9 Å². The quantitative estimate of drug-likeness (QED) is 0.872. The van der Waals surface area contributed by atoms with Crippen molar-refractivity contribution < 1.29 is 9.84 Å². The van der Waals surface area contributed by atoms with Crippen LogP contribution >= 0.6 is 0 Å². The van der Waals surface area contributed by atoms with Crippen LogP contribution in [0.5, 0.6) is 0 Å². The number of ether oxygens (including phenoxy) is 1. The van der Waals surface area contributed by atoms with Gasteiger partial charge >= 0.3 is 0 Å². The zero-order valence-electron chi connectivity index (χ0n) is 11.7. The molecule has 2 N–H and O–H groups in total. The predicted molar refractivity (Wildman–Crippen MR) is 74.8 cm³/mol. The van der Waals surface area contributed by atoms with Gasteiger partial charge in [-0.1, -0.05) is 44.2 Å². The van der Waals surface area contributed by atoms with E-state index in [1.807, 2.05) is 18.2 Å². The molecule has 4 atom stereocenters. The molecule has 1 saturated heterocycles. The molecule has 1 aromatic carbocycles. The Balaban J connectivity index is 1.73. The fourth-order valence-corrected chi connectivity index (χ4v) is 3.82. The summed E-state index contributed by atoms with van der Waals surface area (Å²) in [7, 11) is 0. The first kappa shape index (κ1) is 13.1. The number of aliphatic hydroxyl groups is 1. The van der Waals surface area contributed by atoms with Crippen LogP contribution in [0.4, 0.5) is 0 Å². The standard InChI is InChI=1S/C16H23NO2/c1-16(2)14(12-8-9-19-15(12)16)17-13(10-18)11-6-4-3-5-7-11/h3-7,12-15,17-18H,8-10H2,1-2H3/t12?,13-,14?,15?/m1/s1. The van der Waals surface area contributed by atoms with E-state index in [1.165, 1.54) is 0 Å². The van der Waals surface area contributed by atoms with Crippen LogP contribution in [-0.2, 0) is 4.74 Å². The lowest BCUT2D eigenvalue weighted by Crippen LogP contribution is -2.66. The first-order valence-electron chi connectivity index (χ1n) is 7.18. The van der Waals surface area contributed by atoms with Crippen molar-refractivity contribution in [1.82, 2.24) is 5.32 Å². The predicted octanol–water partition coefficient (Wildman–Crippen LogP) is 2.12. The zero-order chi connectivity index (χ0) is 13.5. The Kier molecular flexibility index (Phi) is 3.37. The summed E-state index contributed by atoms with van der Waals surface area (Å²) in [6.07, 6.45) is 1.53. The first-order valence-corrected chi connectivity index (χ1v) is 7.18. The second kappa shape index (κ2) is 4.89. The summed E-state index contributed by atoms with van der Waals surface area (Å²) in [5.41, 5.74) is 1.31. The van der Waals surface area contributed by atoms with Crippen LogP contribution in [-0.4, -0.2) is 30.5 Å². The lowest BCUT2D eigenvalue weighted by atomic mass is 9.57. The number of rotatable bonds is 4. The van der Waals surface area contributed by atoms with Gasteiger partial charge < -0.3 is 15.2 Å². The van der Waals surface area contributed by atoms with Crippen LogP contribution in [0.3, 0.4) is 0 Å². The van der Waals surface area contributed by atoms with Gasteiger partial charge in [-0.15, -0.1) is 0 Å².